The van der Waals surface area contributed by atoms with Gasteiger partial charge >= 0.3 is 0 Å². The predicted octanol–water partition coefficient (Wildman–Crippen LogP) is 13.3. The molecule has 1 aliphatic rings. The van der Waals surface area contributed by atoms with Gasteiger partial charge in [0.05, 0.1) is 27.8 Å². The second-order valence-corrected chi connectivity index (χ2v) is 13.3. The van der Waals surface area contributed by atoms with Crippen LogP contribution in [0.2, 0.25) is 0 Å². The van der Waals surface area contributed by atoms with E-state index in [4.69, 9.17) is 13.6 Å². The zero-order chi connectivity index (χ0) is 34.2. The molecule has 3 heterocycles. The minimum Gasteiger partial charge on any atom is -0.464 e. The molecule has 5 heteroatoms. The summed E-state index contributed by atoms with van der Waals surface area (Å²) in [6.07, 6.45) is -0.335. The Balaban J connectivity index is 1.18. The van der Waals surface area contributed by atoms with E-state index in [0.29, 0.717) is 0 Å². The highest BCUT2D eigenvalue weighted by Gasteiger charge is 2.32. The molecule has 2 aromatic heterocycles. The largest absolute Gasteiger partial charge is 0.464 e. The van der Waals surface area contributed by atoms with E-state index in [2.05, 4.69) is 132 Å². The van der Waals surface area contributed by atoms with E-state index in [1.165, 1.54) is 16.3 Å². The topological polar surface area (TPSA) is 50.8 Å². The van der Waals surface area contributed by atoms with Crippen molar-refractivity contribution in [3.8, 4) is 16.9 Å². The summed E-state index contributed by atoms with van der Waals surface area (Å²) in [7, 11) is 0. The number of anilines is 4. The summed E-state index contributed by atoms with van der Waals surface area (Å²) in [4.78, 5) is 2.29. The number of nitrogens with zero attached hydrogens (tertiary/aromatic N) is 1. The van der Waals surface area contributed by atoms with Gasteiger partial charge in [-0.15, -0.1) is 0 Å². The summed E-state index contributed by atoms with van der Waals surface area (Å²) in [6, 6.07) is 59.0. The van der Waals surface area contributed by atoms with Gasteiger partial charge in [0, 0.05) is 28.1 Å². The molecular formula is C47H30N2O3. The highest BCUT2D eigenvalue weighted by Crippen LogP contribution is 2.53. The molecule has 0 aliphatic carbocycles. The maximum Gasteiger partial charge on any atom is 0.196 e. The second-order valence-electron chi connectivity index (χ2n) is 13.3. The maximum absolute atomic E-state index is 6.84. The van der Waals surface area contributed by atoms with Gasteiger partial charge in [0.2, 0.25) is 0 Å². The van der Waals surface area contributed by atoms with Crippen molar-refractivity contribution >= 4 is 77.4 Å². The molecule has 8 aromatic carbocycles. The number of benzene rings is 8. The summed E-state index contributed by atoms with van der Waals surface area (Å²) in [5.41, 5.74) is 10.4. The molecule has 1 unspecified atom stereocenters. The molecule has 0 saturated heterocycles. The van der Waals surface area contributed by atoms with Crippen molar-refractivity contribution in [3.63, 3.8) is 0 Å². The summed E-state index contributed by atoms with van der Waals surface area (Å²) in [5.74, 6) is 0.768. The van der Waals surface area contributed by atoms with Crippen molar-refractivity contribution in [2.75, 3.05) is 10.2 Å². The lowest BCUT2D eigenvalue weighted by atomic mass is 9.98. The number of hydrogen-bond acceptors (Lipinski definition) is 5. The van der Waals surface area contributed by atoms with Crippen LogP contribution in [0, 0.1) is 0 Å². The molecule has 0 spiro atoms. The lowest BCUT2D eigenvalue weighted by molar-refractivity contribution is 0.260. The normalized spacial score (nSPS) is 13.9. The third-order valence-electron chi connectivity index (χ3n) is 10.3. The van der Waals surface area contributed by atoms with Gasteiger partial charge in [-0.05, 0) is 58.3 Å². The molecule has 52 heavy (non-hydrogen) atoms. The van der Waals surface area contributed by atoms with Gasteiger partial charge in [0.15, 0.2) is 11.8 Å². The predicted molar refractivity (Wildman–Crippen MR) is 212 cm³/mol. The monoisotopic (exact) mass is 670 g/mol. The van der Waals surface area contributed by atoms with Gasteiger partial charge in [0.1, 0.15) is 22.5 Å². The third kappa shape index (κ3) is 4.36. The maximum atomic E-state index is 6.84. The van der Waals surface area contributed by atoms with Crippen LogP contribution in [-0.4, -0.2) is 0 Å². The molecule has 1 N–H and O–H groups in total. The van der Waals surface area contributed by atoms with Crippen LogP contribution in [0.25, 0.3) is 65.8 Å². The first-order valence-electron chi connectivity index (χ1n) is 17.5. The molecule has 246 valence electrons. The van der Waals surface area contributed by atoms with Gasteiger partial charge < -0.3 is 23.8 Å². The molecule has 5 nitrogen and oxygen atoms in total. The van der Waals surface area contributed by atoms with E-state index in [9.17, 15) is 0 Å². The standard InChI is InChI=1S/C47H30N2O3/c1-2-13-31(14-3-1)47-48-45-42(52-47)28-38(46-44(45)36-18-7-9-22-40(36)51-46)49(37-20-11-23-41-43(37)35-17-6-8-21-39(35)50-41)32-26-24-30(25-27-32)34-19-10-15-29-12-4-5-16-33(29)34/h1-28,47-48H. The van der Waals surface area contributed by atoms with Crippen molar-refractivity contribution in [2.45, 2.75) is 6.23 Å². The van der Waals surface area contributed by atoms with E-state index in [0.717, 1.165) is 83.5 Å². The van der Waals surface area contributed by atoms with Crippen LogP contribution in [-0.2, 0) is 0 Å². The van der Waals surface area contributed by atoms with Crippen LogP contribution >= 0.6 is 0 Å². The van der Waals surface area contributed by atoms with E-state index in [1.54, 1.807) is 0 Å². The van der Waals surface area contributed by atoms with Crippen molar-refractivity contribution in [2.24, 2.45) is 0 Å². The van der Waals surface area contributed by atoms with Gasteiger partial charge in [-0.3, -0.25) is 0 Å². The lowest BCUT2D eigenvalue weighted by Gasteiger charge is -2.27. The highest BCUT2D eigenvalue weighted by atomic mass is 16.5. The van der Waals surface area contributed by atoms with Crippen molar-refractivity contribution in [1.29, 1.82) is 0 Å². The minimum atomic E-state index is -0.335. The molecule has 11 rings (SSSR count). The number of furan rings is 2. The fourth-order valence-electron chi connectivity index (χ4n) is 7.95. The van der Waals surface area contributed by atoms with Crippen LogP contribution in [0.3, 0.4) is 0 Å². The Labute approximate surface area is 298 Å². The number of hydrogen-bond donors (Lipinski definition) is 1. The molecule has 0 saturated carbocycles. The average molecular weight is 671 g/mol. The Kier molecular flexibility index (Phi) is 6.25. The highest BCUT2D eigenvalue weighted by molar-refractivity contribution is 6.20. The van der Waals surface area contributed by atoms with Gasteiger partial charge in [-0.25, -0.2) is 0 Å². The molecule has 1 atom stereocenters. The Morgan fingerprint density at radius 2 is 1.15 bits per heavy atom. The number of ether oxygens (including phenoxy) is 1. The molecule has 0 amide bonds. The van der Waals surface area contributed by atoms with Gasteiger partial charge in [-0.1, -0.05) is 127 Å². The van der Waals surface area contributed by atoms with E-state index in [1.807, 2.05) is 48.5 Å². The quantitative estimate of drug-likeness (QED) is 0.197. The first-order chi connectivity index (χ1) is 25.8. The summed E-state index contributed by atoms with van der Waals surface area (Å²) >= 11 is 0. The fraction of sp³-hybridized carbons (Fsp3) is 0.0213. The lowest BCUT2D eigenvalue weighted by Crippen LogP contribution is -2.11. The average Bonchev–Trinajstić information content (AvgIpc) is 3.92. The first kappa shape index (κ1) is 28.8. The van der Waals surface area contributed by atoms with E-state index < -0.39 is 0 Å². The first-order valence-corrected chi connectivity index (χ1v) is 17.5. The third-order valence-corrected chi connectivity index (χ3v) is 10.3. The smallest absolute Gasteiger partial charge is 0.196 e. The van der Waals surface area contributed by atoms with E-state index in [-0.39, 0.29) is 6.23 Å². The SMILES string of the molecule is c1ccc(C2Nc3c(cc(N(c4ccc(-c5cccc6ccccc56)cc4)c4cccc5oc6ccccc6c45)c4oc5ccccc5c34)O2)cc1. The molecule has 10 aromatic rings. The number of para-hydroxylation sites is 2. The number of rotatable bonds is 5. The molecular weight excluding hydrogens is 641 g/mol. The van der Waals surface area contributed by atoms with Crippen LogP contribution < -0.4 is 15.0 Å². The summed E-state index contributed by atoms with van der Waals surface area (Å²) < 4.78 is 20.0. The molecule has 0 radical (unpaired) electrons. The fourth-order valence-corrected chi connectivity index (χ4v) is 7.95. The Morgan fingerprint density at radius 3 is 1.98 bits per heavy atom. The van der Waals surface area contributed by atoms with Crippen LogP contribution in [0.15, 0.2) is 179 Å². The molecule has 0 fully saturated rings. The van der Waals surface area contributed by atoms with E-state index >= 15 is 0 Å². The van der Waals surface area contributed by atoms with Gasteiger partial charge in [-0.2, -0.15) is 0 Å². The van der Waals surface area contributed by atoms with Crippen LogP contribution in [0.1, 0.15) is 11.8 Å². The van der Waals surface area contributed by atoms with Crippen molar-refractivity contribution in [3.05, 3.63) is 175 Å². The number of fused-ring (bicyclic) bond motifs is 9. The van der Waals surface area contributed by atoms with Crippen molar-refractivity contribution in [1.82, 2.24) is 0 Å². The Morgan fingerprint density at radius 1 is 0.500 bits per heavy atom. The second kappa shape index (κ2) is 11.3. The Hall–Kier alpha value is -6.98. The minimum absolute atomic E-state index is 0.335. The number of nitrogens with one attached hydrogen (secondary N) is 1. The van der Waals surface area contributed by atoms with Crippen LogP contribution in [0.4, 0.5) is 22.7 Å². The Bertz CT molecular complexity index is 2970. The zero-order valence-electron chi connectivity index (χ0n) is 27.9. The van der Waals surface area contributed by atoms with Crippen LogP contribution in [0.5, 0.6) is 5.75 Å². The van der Waals surface area contributed by atoms with Gasteiger partial charge in [0.25, 0.3) is 0 Å². The summed E-state index contributed by atoms with van der Waals surface area (Å²) in [5, 5.41) is 10.2. The molecule has 1 aliphatic heterocycles. The summed E-state index contributed by atoms with van der Waals surface area (Å²) in [6.45, 7) is 0. The zero-order valence-corrected chi connectivity index (χ0v) is 27.9. The van der Waals surface area contributed by atoms with Crippen molar-refractivity contribution < 1.29 is 13.6 Å². The molecule has 0 bridgehead atoms.